The molecule has 0 aliphatic rings. The zero-order chi connectivity index (χ0) is 29.0. The normalized spacial score (nSPS) is 11.5. The van der Waals surface area contributed by atoms with Gasteiger partial charge in [0.1, 0.15) is 6.71 Å². The summed E-state index contributed by atoms with van der Waals surface area (Å²) >= 11 is 0. The molecule has 0 unspecified atom stereocenters. The highest BCUT2D eigenvalue weighted by Crippen LogP contribution is 2.21. The molecule has 0 amide bonds. The fourth-order valence-corrected chi connectivity index (χ4v) is 6.72. The van der Waals surface area contributed by atoms with E-state index < -0.39 is 0 Å². The molecule has 0 atom stereocenters. The van der Waals surface area contributed by atoms with E-state index in [0.717, 1.165) is 6.71 Å². The smallest absolute Gasteiger partial charge is 0.0741 e. The average molecular weight is 561 g/mol. The van der Waals surface area contributed by atoms with Crippen molar-refractivity contribution < 1.29 is 0 Å². The molecule has 0 fully saturated rings. The van der Waals surface area contributed by atoms with E-state index in [9.17, 15) is 0 Å². The minimum absolute atomic E-state index is 1.04. The molecule has 0 saturated carbocycles. The standard InChI is InChI=1S/C39H81B/c1-4-7-10-13-16-19-22-25-28-31-34-37-40(38-35-32-29-26-23-20-17-14-11-8-5-2)39-36-33-30-27-24-21-18-15-12-9-6-3/h4-39H2,1-3H3. The Morgan fingerprint density at radius 1 is 0.200 bits per heavy atom. The Bertz CT molecular complexity index is 357. The molecular formula is C39H81B. The predicted molar refractivity (Wildman–Crippen MR) is 190 cm³/mol. The van der Waals surface area contributed by atoms with Gasteiger partial charge in [0.2, 0.25) is 0 Å². The first-order valence-corrected chi connectivity index (χ1v) is 19.8. The summed E-state index contributed by atoms with van der Waals surface area (Å²) in [4.78, 5) is 0. The van der Waals surface area contributed by atoms with Crippen LogP contribution in [0.15, 0.2) is 0 Å². The van der Waals surface area contributed by atoms with Crippen molar-refractivity contribution in [1.29, 1.82) is 0 Å². The molecule has 0 nitrogen and oxygen atoms in total. The lowest BCUT2D eigenvalue weighted by Crippen LogP contribution is -2.12. The van der Waals surface area contributed by atoms with Crippen LogP contribution in [0.2, 0.25) is 19.0 Å². The highest BCUT2D eigenvalue weighted by atomic mass is 14.0. The Balaban J connectivity index is 3.89. The molecule has 0 aliphatic heterocycles. The monoisotopic (exact) mass is 561 g/mol. The first-order valence-electron chi connectivity index (χ1n) is 19.8. The zero-order valence-corrected chi connectivity index (χ0v) is 29.0. The van der Waals surface area contributed by atoms with Crippen LogP contribution in [0.3, 0.4) is 0 Å². The molecule has 0 aromatic rings. The molecule has 240 valence electrons. The Morgan fingerprint density at radius 2 is 0.350 bits per heavy atom. The highest BCUT2D eigenvalue weighted by Gasteiger charge is 2.12. The molecule has 0 aliphatic carbocycles. The number of hydrogen-bond donors (Lipinski definition) is 0. The van der Waals surface area contributed by atoms with Gasteiger partial charge in [0.25, 0.3) is 0 Å². The van der Waals surface area contributed by atoms with Crippen LogP contribution in [0.1, 0.15) is 233 Å². The van der Waals surface area contributed by atoms with Crippen LogP contribution < -0.4 is 0 Å². The Labute approximate surface area is 257 Å². The van der Waals surface area contributed by atoms with Gasteiger partial charge < -0.3 is 0 Å². The van der Waals surface area contributed by atoms with Gasteiger partial charge in [-0.3, -0.25) is 0 Å². The van der Waals surface area contributed by atoms with Crippen LogP contribution in [0.4, 0.5) is 0 Å². The van der Waals surface area contributed by atoms with Crippen molar-refractivity contribution in [2.75, 3.05) is 0 Å². The van der Waals surface area contributed by atoms with Crippen LogP contribution in [0.5, 0.6) is 0 Å². The lowest BCUT2D eigenvalue weighted by molar-refractivity contribution is 0.550. The molecule has 0 spiro atoms. The molecule has 1 heteroatoms. The Kier molecular flexibility index (Phi) is 37.2. The van der Waals surface area contributed by atoms with Gasteiger partial charge in [-0.2, -0.15) is 0 Å². The van der Waals surface area contributed by atoms with Gasteiger partial charge in [-0.15, -0.1) is 0 Å². The van der Waals surface area contributed by atoms with Gasteiger partial charge in [-0.05, 0) is 0 Å². The third-order valence-electron chi connectivity index (χ3n) is 9.65. The summed E-state index contributed by atoms with van der Waals surface area (Å²) in [7, 11) is 0. The van der Waals surface area contributed by atoms with Gasteiger partial charge in [-0.25, -0.2) is 0 Å². The van der Waals surface area contributed by atoms with Crippen molar-refractivity contribution in [3.05, 3.63) is 0 Å². The Morgan fingerprint density at radius 3 is 0.525 bits per heavy atom. The molecule has 0 saturated heterocycles. The van der Waals surface area contributed by atoms with Crippen LogP contribution in [0.25, 0.3) is 0 Å². The summed E-state index contributed by atoms with van der Waals surface area (Å²) in [6.07, 6.45) is 53.3. The molecule has 40 heavy (non-hydrogen) atoms. The maximum Gasteiger partial charge on any atom is 0.139 e. The third kappa shape index (κ3) is 34.3. The van der Waals surface area contributed by atoms with Gasteiger partial charge >= 0.3 is 0 Å². The van der Waals surface area contributed by atoms with E-state index in [4.69, 9.17) is 0 Å². The molecule has 0 aromatic carbocycles. The summed E-state index contributed by atoms with van der Waals surface area (Å²) in [6.45, 7) is 8.00. The lowest BCUT2D eigenvalue weighted by atomic mass is 9.41. The topological polar surface area (TPSA) is 0 Å². The molecule has 0 bridgehead atoms. The van der Waals surface area contributed by atoms with Gasteiger partial charge in [-0.1, -0.05) is 252 Å². The van der Waals surface area contributed by atoms with Crippen LogP contribution in [-0.2, 0) is 0 Å². The maximum absolute atomic E-state index is 2.32. The molecule has 0 heterocycles. The van der Waals surface area contributed by atoms with E-state index in [1.165, 1.54) is 231 Å². The minimum atomic E-state index is 1.04. The van der Waals surface area contributed by atoms with Crippen molar-refractivity contribution in [3.63, 3.8) is 0 Å². The van der Waals surface area contributed by atoms with Gasteiger partial charge in [0.05, 0.1) is 0 Å². The van der Waals surface area contributed by atoms with Crippen molar-refractivity contribution in [1.82, 2.24) is 0 Å². The second kappa shape index (κ2) is 37.1. The number of hydrogen-bond acceptors (Lipinski definition) is 0. The van der Waals surface area contributed by atoms with E-state index in [1.807, 2.05) is 0 Å². The fourth-order valence-electron chi connectivity index (χ4n) is 6.72. The SMILES string of the molecule is CCCCCCCCCCCCCB(CCCCCCCCCCCCC)CCCCCCCCCCCCC. The molecule has 0 rings (SSSR count). The van der Waals surface area contributed by atoms with Crippen molar-refractivity contribution in [3.8, 4) is 0 Å². The molecule has 0 N–H and O–H groups in total. The van der Waals surface area contributed by atoms with Crippen molar-refractivity contribution in [2.45, 2.75) is 252 Å². The highest BCUT2D eigenvalue weighted by molar-refractivity contribution is 6.58. The summed E-state index contributed by atoms with van der Waals surface area (Å²) in [5, 5.41) is 0. The maximum atomic E-state index is 2.32. The van der Waals surface area contributed by atoms with Gasteiger partial charge in [0.15, 0.2) is 0 Å². The second-order valence-electron chi connectivity index (χ2n) is 13.8. The summed E-state index contributed by atoms with van der Waals surface area (Å²) < 4.78 is 0. The second-order valence-corrected chi connectivity index (χ2v) is 13.8. The van der Waals surface area contributed by atoms with E-state index in [0.29, 0.717) is 0 Å². The largest absolute Gasteiger partial charge is 0.139 e. The fraction of sp³-hybridized carbons (Fsp3) is 1.00. The van der Waals surface area contributed by atoms with Crippen LogP contribution in [-0.4, -0.2) is 6.71 Å². The lowest BCUT2D eigenvalue weighted by Gasteiger charge is -2.14. The van der Waals surface area contributed by atoms with Crippen molar-refractivity contribution in [2.24, 2.45) is 0 Å². The van der Waals surface area contributed by atoms with E-state index in [-0.39, 0.29) is 0 Å². The van der Waals surface area contributed by atoms with Crippen LogP contribution >= 0.6 is 0 Å². The quantitative estimate of drug-likeness (QED) is 0.0528. The van der Waals surface area contributed by atoms with E-state index in [2.05, 4.69) is 20.8 Å². The Hall–Kier alpha value is 0.0649. The average Bonchev–Trinajstić information content (AvgIpc) is 2.97. The first-order chi connectivity index (χ1) is 19.8. The van der Waals surface area contributed by atoms with Gasteiger partial charge in [0, 0.05) is 0 Å². The molecule has 0 radical (unpaired) electrons. The molecular weight excluding hydrogens is 479 g/mol. The number of unbranched alkanes of at least 4 members (excludes halogenated alkanes) is 30. The summed E-state index contributed by atoms with van der Waals surface area (Å²) in [5.41, 5.74) is 0. The number of rotatable bonds is 36. The van der Waals surface area contributed by atoms with Crippen LogP contribution in [0, 0.1) is 0 Å². The minimum Gasteiger partial charge on any atom is -0.0741 e. The van der Waals surface area contributed by atoms with E-state index >= 15 is 0 Å². The van der Waals surface area contributed by atoms with Crippen molar-refractivity contribution >= 4 is 6.71 Å². The molecule has 0 aromatic heterocycles. The predicted octanol–water partition coefficient (Wildman–Crippen LogP) is 15.4. The first kappa shape index (κ1) is 40.1. The summed E-state index contributed by atoms with van der Waals surface area (Å²) in [6, 6.07) is 0. The van der Waals surface area contributed by atoms with E-state index in [1.54, 1.807) is 0 Å². The zero-order valence-electron chi connectivity index (χ0n) is 29.0. The summed E-state index contributed by atoms with van der Waals surface area (Å²) in [5.74, 6) is 0. The third-order valence-corrected chi connectivity index (χ3v) is 9.65.